The Bertz CT molecular complexity index is 847. The monoisotopic (exact) mass is 361 g/mol. The molecule has 0 saturated heterocycles. The van der Waals surface area contributed by atoms with Gasteiger partial charge in [-0.2, -0.15) is 0 Å². The summed E-state index contributed by atoms with van der Waals surface area (Å²) in [7, 11) is -3.68. The van der Waals surface area contributed by atoms with Crippen LogP contribution < -0.4 is 15.6 Å². The van der Waals surface area contributed by atoms with Crippen molar-refractivity contribution >= 4 is 27.5 Å². The van der Waals surface area contributed by atoms with Crippen LogP contribution in [-0.4, -0.2) is 20.2 Å². The molecule has 0 bridgehead atoms. The van der Waals surface area contributed by atoms with Crippen molar-refractivity contribution in [3.63, 3.8) is 0 Å². The number of carbonyl (C=O) groups is 2. The van der Waals surface area contributed by atoms with Crippen LogP contribution in [0.2, 0.25) is 0 Å². The van der Waals surface area contributed by atoms with Crippen molar-refractivity contribution in [1.82, 2.24) is 10.9 Å². The Morgan fingerprint density at radius 1 is 0.880 bits per heavy atom. The van der Waals surface area contributed by atoms with Crippen LogP contribution in [0.4, 0.5) is 5.69 Å². The van der Waals surface area contributed by atoms with Crippen LogP contribution in [0.1, 0.15) is 24.2 Å². The van der Waals surface area contributed by atoms with Crippen molar-refractivity contribution in [2.45, 2.75) is 18.7 Å². The van der Waals surface area contributed by atoms with Crippen molar-refractivity contribution in [3.05, 3.63) is 60.2 Å². The van der Waals surface area contributed by atoms with Gasteiger partial charge >= 0.3 is 0 Å². The number of anilines is 1. The first kappa shape index (κ1) is 18.5. The summed E-state index contributed by atoms with van der Waals surface area (Å²) in [6, 6.07) is 13.8. The smallest absolute Gasteiger partial charge is 0.269 e. The molecular weight excluding hydrogens is 342 g/mol. The van der Waals surface area contributed by atoms with E-state index in [4.69, 9.17) is 0 Å². The SMILES string of the molecule is CC(C)C(=O)NNC(=O)c1ccc(NS(=O)(=O)c2ccccc2)cc1. The number of nitrogens with one attached hydrogen (secondary N) is 3. The second kappa shape index (κ2) is 7.80. The average molecular weight is 361 g/mol. The Labute approximate surface area is 146 Å². The molecule has 2 rings (SSSR count). The van der Waals surface area contributed by atoms with Crippen LogP contribution in [-0.2, 0) is 14.8 Å². The lowest BCUT2D eigenvalue weighted by molar-refractivity contribution is -0.124. The quantitative estimate of drug-likeness (QED) is 0.708. The third-order valence-corrected chi connectivity index (χ3v) is 4.67. The first-order valence-corrected chi connectivity index (χ1v) is 9.06. The largest absolute Gasteiger partial charge is 0.280 e. The fourth-order valence-corrected chi connectivity index (χ4v) is 2.92. The van der Waals surface area contributed by atoms with Crippen LogP contribution in [0.3, 0.4) is 0 Å². The molecule has 0 aliphatic carbocycles. The first-order valence-electron chi connectivity index (χ1n) is 7.58. The summed E-state index contributed by atoms with van der Waals surface area (Å²) in [5.74, 6) is -1.05. The zero-order valence-corrected chi connectivity index (χ0v) is 14.6. The number of sulfonamides is 1. The van der Waals surface area contributed by atoms with E-state index in [0.29, 0.717) is 5.69 Å². The van der Waals surface area contributed by atoms with Gasteiger partial charge in [-0.1, -0.05) is 32.0 Å². The van der Waals surface area contributed by atoms with Gasteiger partial charge in [0.1, 0.15) is 0 Å². The van der Waals surface area contributed by atoms with Gasteiger partial charge in [0.2, 0.25) is 5.91 Å². The van der Waals surface area contributed by atoms with E-state index in [1.54, 1.807) is 32.0 Å². The lowest BCUT2D eigenvalue weighted by atomic mass is 10.2. The third-order valence-electron chi connectivity index (χ3n) is 3.28. The van der Waals surface area contributed by atoms with Crippen molar-refractivity contribution in [3.8, 4) is 0 Å². The van der Waals surface area contributed by atoms with E-state index in [0.717, 1.165) is 0 Å². The van der Waals surface area contributed by atoms with Crippen molar-refractivity contribution in [1.29, 1.82) is 0 Å². The molecule has 25 heavy (non-hydrogen) atoms. The number of hydrogen-bond donors (Lipinski definition) is 3. The molecule has 2 aromatic carbocycles. The molecule has 8 heteroatoms. The minimum absolute atomic E-state index is 0.146. The van der Waals surface area contributed by atoms with E-state index in [1.165, 1.54) is 36.4 Å². The van der Waals surface area contributed by atoms with E-state index < -0.39 is 15.9 Å². The number of hydrogen-bond acceptors (Lipinski definition) is 4. The van der Waals surface area contributed by atoms with Gasteiger partial charge in [0, 0.05) is 17.2 Å². The van der Waals surface area contributed by atoms with Gasteiger partial charge in [-0.25, -0.2) is 8.42 Å². The van der Waals surface area contributed by atoms with E-state index >= 15 is 0 Å². The molecule has 0 heterocycles. The van der Waals surface area contributed by atoms with E-state index in [-0.39, 0.29) is 22.3 Å². The molecule has 0 aliphatic heterocycles. The normalized spacial score (nSPS) is 11.0. The van der Waals surface area contributed by atoms with Crippen LogP contribution in [0.25, 0.3) is 0 Å². The van der Waals surface area contributed by atoms with E-state index in [2.05, 4.69) is 15.6 Å². The number of rotatable bonds is 5. The van der Waals surface area contributed by atoms with Gasteiger partial charge in [-0.3, -0.25) is 25.2 Å². The summed E-state index contributed by atoms with van der Waals surface area (Å²) < 4.78 is 26.9. The molecule has 3 N–H and O–H groups in total. The molecular formula is C17H19N3O4S. The molecule has 0 atom stereocenters. The number of hydrazine groups is 1. The molecule has 2 amide bonds. The third kappa shape index (κ3) is 5.05. The van der Waals surface area contributed by atoms with Gasteiger partial charge in [-0.15, -0.1) is 0 Å². The molecule has 2 aromatic rings. The molecule has 0 aliphatic rings. The highest BCUT2D eigenvalue weighted by molar-refractivity contribution is 7.92. The summed E-state index contributed by atoms with van der Waals surface area (Å²) >= 11 is 0. The van der Waals surface area contributed by atoms with Crippen LogP contribution in [0, 0.1) is 5.92 Å². The standard InChI is InChI=1S/C17H19N3O4S/c1-12(2)16(21)18-19-17(22)13-8-10-14(11-9-13)20-25(23,24)15-6-4-3-5-7-15/h3-12,20H,1-2H3,(H,18,21)(H,19,22). The molecule has 0 saturated carbocycles. The van der Waals surface area contributed by atoms with Gasteiger partial charge in [-0.05, 0) is 36.4 Å². The summed E-state index contributed by atoms with van der Waals surface area (Å²) in [6.07, 6.45) is 0. The number of carbonyl (C=O) groups excluding carboxylic acids is 2. The maximum absolute atomic E-state index is 12.2. The van der Waals surface area contributed by atoms with Crippen molar-refractivity contribution in [2.75, 3.05) is 4.72 Å². The number of benzene rings is 2. The summed E-state index contributed by atoms with van der Waals surface area (Å²) in [4.78, 5) is 23.5. The predicted octanol–water partition coefficient (Wildman–Crippen LogP) is 1.90. The van der Waals surface area contributed by atoms with Crippen molar-refractivity contribution < 1.29 is 18.0 Å². The number of amides is 2. The minimum Gasteiger partial charge on any atom is -0.280 e. The predicted molar refractivity (Wildman–Crippen MR) is 94.1 cm³/mol. The minimum atomic E-state index is -3.68. The average Bonchev–Trinajstić information content (AvgIpc) is 2.60. The van der Waals surface area contributed by atoms with Crippen LogP contribution in [0.15, 0.2) is 59.5 Å². The molecule has 0 unspecified atom stereocenters. The molecule has 0 spiro atoms. The first-order chi connectivity index (χ1) is 11.8. The Balaban J connectivity index is 2.02. The fourth-order valence-electron chi connectivity index (χ4n) is 1.84. The van der Waals surface area contributed by atoms with E-state index in [1.807, 2.05) is 0 Å². The Morgan fingerprint density at radius 3 is 2.04 bits per heavy atom. The second-order valence-electron chi connectivity index (χ2n) is 5.59. The van der Waals surface area contributed by atoms with E-state index in [9.17, 15) is 18.0 Å². The maximum atomic E-state index is 12.2. The highest BCUT2D eigenvalue weighted by atomic mass is 32.2. The van der Waals surface area contributed by atoms with Gasteiger partial charge in [0.05, 0.1) is 4.90 Å². The Hall–Kier alpha value is -2.87. The Morgan fingerprint density at radius 2 is 1.48 bits per heavy atom. The Kier molecular flexibility index (Phi) is 5.76. The summed E-state index contributed by atoms with van der Waals surface area (Å²) in [6.45, 7) is 3.41. The zero-order valence-electron chi connectivity index (χ0n) is 13.8. The van der Waals surface area contributed by atoms with Crippen molar-refractivity contribution in [2.24, 2.45) is 5.92 Å². The van der Waals surface area contributed by atoms with Gasteiger partial charge < -0.3 is 0 Å². The maximum Gasteiger partial charge on any atom is 0.269 e. The lowest BCUT2D eigenvalue weighted by Crippen LogP contribution is -2.43. The topological polar surface area (TPSA) is 104 Å². The molecule has 0 aromatic heterocycles. The second-order valence-corrected chi connectivity index (χ2v) is 7.28. The highest BCUT2D eigenvalue weighted by Crippen LogP contribution is 2.16. The molecule has 0 fully saturated rings. The van der Waals surface area contributed by atoms with Crippen LogP contribution >= 0.6 is 0 Å². The lowest BCUT2D eigenvalue weighted by Gasteiger charge is -2.10. The van der Waals surface area contributed by atoms with Gasteiger partial charge in [0.15, 0.2) is 0 Å². The molecule has 7 nitrogen and oxygen atoms in total. The molecule has 0 radical (unpaired) electrons. The fraction of sp³-hybridized carbons (Fsp3) is 0.176. The summed E-state index contributed by atoms with van der Waals surface area (Å²) in [5.41, 5.74) is 5.21. The van der Waals surface area contributed by atoms with Crippen LogP contribution in [0.5, 0.6) is 0 Å². The summed E-state index contributed by atoms with van der Waals surface area (Å²) in [5, 5.41) is 0. The zero-order chi connectivity index (χ0) is 18.4. The molecule has 132 valence electrons. The van der Waals surface area contributed by atoms with Gasteiger partial charge in [0.25, 0.3) is 15.9 Å². The highest BCUT2D eigenvalue weighted by Gasteiger charge is 2.14.